The molecule has 7 heteroatoms. The summed E-state index contributed by atoms with van der Waals surface area (Å²) in [6.07, 6.45) is 2.36. The van der Waals surface area contributed by atoms with Crippen LogP contribution in [0.5, 0.6) is 11.5 Å². The molecule has 0 atom stereocenters. The largest absolute Gasteiger partial charge is 0.520 e. The Bertz CT molecular complexity index is 767. The van der Waals surface area contributed by atoms with Crippen molar-refractivity contribution in [1.82, 2.24) is 0 Å². The van der Waals surface area contributed by atoms with Crippen LogP contribution >= 0.6 is 23.4 Å². The first kappa shape index (κ1) is 19.1. The summed E-state index contributed by atoms with van der Waals surface area (Å²) in [4.78, 5) is 12.4. The number of hydrogen-bond acceptors (Lipinski definition) is 6. The molecule has 0 aliphatic carbocycles. The second-order valence-electron chi connectivity index (χ2n) is 4.93. The number of halogens is 1. The molecule has 0 aliphatic heterocycles. The Morgan fingerprint density at radius 2 is 2.08 bits per heavy atom. The number of rotatable bonds is 7. The minimum absolute atomic E-state index is 0.176. The molecule has 0 saturated carbocycles. The van der Waals surface area contributed by atoms with Gasteiger partial charge in [-0.15, -0.1) is 11.8 Å². The molecule has 1 N–H and O–H groups in total. The van der Waals surface area contributed by atoms with E-state index in [1.165, 1.54) is 11.8 Å². The smallest absolute Gasteiger partial charge is 0.487 e. The van der Waals surface area contributed by atoms with E-state index < -0.39 is 6.16 Å². The Hall–Kier alpha value is -2.18. The van der Waals surface area contributed by atoms with Crippen molar-refractivity contribution in [1.29, 1.82) is 5.41 Å². The van der Waals surface area contributed by atoms with Gasteiger partial charge in [-0.25, -0.2) is 4.79 Å². The molecule has 0 aliphatic rings. The average molecular weight is 380 g/mol. The standard InChI is InChI=1S/C18H18ClNO4S/c1-3-12-7-8-16(14(19)9-12)22-10-13-15(24-18(21)23-11-20)5-4-6-17(13)25-2/h4-9,11,20H,3,10H2,1-2H3. The third kappa shape index (κ3) is 5.14. The molecule has 0 saturated heterocycles. The monoisotopic (exact) mass is 379 g/mol. The summed E-state index contributed by atoms with van der Waals surface area (Å²) in [6.45, 7) is 2.23. The maximum Gasteiger partial charge on any atom is 0.520 e. The molecule has 132 valence electrons. The van der Waals surface area contributed by atoms with Crippen molar-refractivity contribution in [3.05, 3.63) is 52.5 Å². The van der Waals surface area contributed by atoms with E-state index in [4.69, 9.17) is 26.5 Å². The zero-order chi connectivity index (χ0) is 18.2. The van der Waals surface area contributed by atoms with Crippen molar-refractivity contribution in [2.75, 3.05) is 6.26 Å². The van der Waals surface area contributed by atoms with Gasteiger partial charge in [-0.3, -0.25) is 5.41 Å². The van der Waals surface area contributed by atoms with E-state index >= 15 is 0 Å². The Balaban J connectivity index is 2.22. The summed E-state index contributed by atoms with van der Waals surface area (Å²) in [5.74, 6) is 0.878. The maximum atomic E-state index is 11.5. The second-order valence-corrected chi connectivity index (χ2v) is 6.19. The first-order valence-corrected chi connectivity index (χ1v) is 9.13. The highest BCUT2D eigenvalue weighted by atomic mass is 35.5. The Kier molecular flexibility index (Phi) is 7.16. The van der Waals surface area contributed by atoms with Crippen molar-refractivity contribution in [2.24, 2.45) is 0 Å². The Labute approximate surface area is 155 Å². The normalized spacial score (nSPS) is 10.2. The first-order chi connectivity index (χ1) is 12.1. The fraction of sp³-hybridized carbons (Fsp3) is 0.222. The van der Waals surface area contributed by atoms with Crippen molar-refractivity contribution in [3.8, 4) is 11.5 Å². The van der Waals surface area contributed by atoms with E-state index in [-0.39, 0.29) is 6.61 Å². The quantitative estimate of drug-likeness (QED) is 0.231. The van der Waals surface area contributed by atoms with Crippen LogP contribution in [-0.4, -0.2) is 18.8 Å². The highest BCUT2D eigenvalue weighted by Crippen LogP contribution is 2.32. The lowest BCUT2D eigenvalue weighted by molar-refractivity contribution is 0.149. The van der Waals surface area contributed by atoms with Crippen molar-refractivity contribution in [3.63, 3.8) is 0 Å². The second kappa shape index (κ2) is 9.34. The number of thioether (sulfide) groups is 1. The van der Waals surface area contributed by atoms with Crippen LogP contribution in [0.1, 0.15) is 18.1 Å². The summed E-state index contributed by atoms with van der Waals surface area (Å²) in [5.41, 5.74) is 1.83. The molecule has 0 bridgehead atoms. The molecule has 2 aromatic carbocycles. The van der Waals surface area contributed by atoms with Gasteiger partial charge in [-0.2, -0.15) is 0 Å². The molecule has 0 radical (unpaired) electrons. The predicted molar refractivity (Wildman–Crippen MR) is 99.3 cm³/mol. The fourth-order valence-electron chi connectivity index (χ4n) is 2.17. The van der Waals surface area contributed by atoms with Crippen molar-refractivity contribution in [2.45, 2.75) is 24.8 Å². The number of aryl methyl sites for hydroxylation is 1. The minimum atomic E-state index is -0.972. The number of benzene rings is 2. The van der Waals surface area contributed by atoms with Gasteiger partial charge < -0.3 is 14.2 Å². The molecule has 0 spiro atoms. The maximum absolute atomic E-state index is 11.5. The number of hydrogen-bond donors (Lipinski definition) is 1. The lowest BCUT2D eigenvalue weighted by Crippen LogP contribution is -2.11. The van der Waals surface area contributed by atoms with E-state index in [9.17, 15) is 4.79 Å². The van der Waals surface area contributed by atoms with Crippen LogP contribution in [0.25, 0.3) is 0 Å². The van der Waals surface area contributed by atoms with Crippen molar-refractivity contribution < 1.29 is 19.0 Å². The van der Waals surface area contributed by atoms with Gasteiger partial charge in [0.25, 0.3) is 0 Å². The molecular weight excluding hydrogens is 362 g/mol. The lowest BCUT2D eigenvalue weighted by atomic mass is 10.1. The number of ether oxygens (including phenoxy) is 3. The van der Waals surface area contributed by atoms with Crippen LogP contribution < -0.4 is 9.47 Å². The third-order valence-electron chi connectivity index (χ3n) is 3.43. The van der Waals surface area contributed by atoms with E-state index in [0.717, 1.165) is 16.9 Å². The van der Waals surface area contributed by atoms with Crippen molar-refractivity contribution >= 4 is 35.9 Å². The highest BCUT2D eigenvalue weighted by molar-refractivity contribution is 7.98. The molecule has 0 amide bonds. The summed E-state index contributed by atoms with van der Waals surface area (Å²) < 4.78 is 15.4. The van der Waals surface area contributed by atoms with Gasteiger partial charge in [-0.1, -0.05) is 30.7 Å². The Morgan fingerprint density at radius 3 is 2.72 bits per heavy atom. The highest BCUT2D eigenvalue weighted by Gasteiger charge is 2.15. The van der Waals surface area contributed by atoms with Gasteiger partial charge >= 0.3 is 6.16 Å². The van der Waals surface area contributed by atoms with Crippen LogP contribution in [0.4, 0.5) is 4.79 Å². The zero-order valence-corrected chi connectivity index (χ0v) is 15.4. The van der Waals surface area contributed by atoms with Gasteiger partial charge in [0, 0.05) is 10.5 Å². The molecule has 2 rings (SSSR count). The van der Waals surface area contributed by atoms with E-state index in [1.54, 1.807) is 12.1 Å². The summed E-state index contributed by atoms with van der Waals surface area (Å²) >= 11 is 7.76. The molecule has 0 heterocycles. The Morgan fingerprint density at radius 1 is 1.28 bits per heavy atom. The lowest BCUT2D eigenvalue weighted by Gasteiger charge is -2.15. The van der Waals surface area contributed by atoms with Crippen LogP contribution in [-0.2, 0) is 17.8 Å². The summed E-state index contributed by atoms with van der Waals surface area (Å²) in [5, 5.41) is 7.32. The number of carbonyl (C=O) groups excluding carboxylic acids is 1. The van der Waals surface area contributed by atoms with Crippen LogP contribution in [0, 0.1) is 5.41 Å². The van der Waals surface area contributed by atoms with E-state index in [1.807, 2.05) is 30.5 Å². The van der Waals surface area contributed by atoms with Gasteiger partial charge in [0.2, 0.25) is 0 Å². The molecule has 0 fully saturated rings. The van der Waals surface area contributed by atoms with Crippen LogP contribution in [0.2, 0.25) is 5.02 Å². The molecule has 5 nitrogen and oxygen atoms in total. The SMILES string of the molecule is CCc1ccc(OCc2c(OC(=O)OC=N)cccc2SC)c(Cl)c1. The topological polar surface area (TPSA) is 68.6 Å². The number of nitrogens with one attached hydrogen (secondary N) is 1. The van der Waals surface area contributed by atoms with Crippen LogP contribution in [0.3, 0.4) is 0 Å². The van der Waals surface area contributed by atoms with Gasteiger partial charge in [0.1, 0.15) is 18.1 Å². The minimum Gasteiger partial charge on any atom is -0.487 e. The van der Waals surface area contributed by atoms with Gasteiger partial charge in [0.15, 0.2) is 6.40 Å². The summed E-state index contributed by atoms with van der Waals surface area (Å²) in [6, 6.07) is 11.0. The molecular formula is C18H18ClNO4S. The van der Waals surface area contributed by atoms with Gasteiger partial charge in [0.05, 0.1) is 5.02 Å². The van der Waals surface area contributed by atoms with E-state index in [2.05, 4.69) is 11.7 Å². The van der Waals surface area contributed by atoms with Gasteiger partial charge in [-0.05, 0) is 42.5 Å². The van der Waals surface area contributed by atoms with E-state index in [0.29, 0.717) is 28.5 Å². The number of carbonyl (C=O) groups is 1. The average Bonchev–Trinajstić information content (AvgIpc) is 2.61. The molecule has 0 aromatic heterocycles. The molecule has 2 aromatic rings. The zero-order valence-electron chi connectivity index (χ0n) is 13.9. The fourth-order valence-corrected chi connectivity index (χ4v) is 3.05. The molecule has 0 unspecified atom stereocenters. The third-order valence-corrected chi connectivity index (χ3v) is 4.55. The summed E-state index contributed by atoms with van der Waals surface area (Å²) in [7, 11) is 0. The molecule has 25 heavy (non-hydrogen) atoms. The first-order valence-electron chi connectivity index (χ1n) is 7.53. The predicted octanol–water partition coefficient (Wildman–Crippen LogP) is 5.33. The van der Waals surface area contributed by atoms with Crippen LogP contribution in [0.15, 0.2) is 41.3 Å².